The first-order valence-corrected chi connectivity index (χ1v) is 25.4. The van der Waals surface area contributed by atoms with E-state index in [0.29, 0.717) is 11.6 Å². The zero-order chi connectivity index (χ0) is 49.0. The molecule has 8 heteroatoms. The Kier molecular flexibility index (Phi) is 10.6. The highest BCUT2D eigenvalue weighted by atomic mass is 32.2. The van der Waals surface area contributed by atoms with Gasteiger partial charge in [0.05, 0.1) is 51.2 Å². The summed E-state index contributed by atoms with van der Waals surface area (Å²) in [4.78, 5) is 28.6. The van der Waals surface area contributed by atoms with Crippen LogP contribution in [-0.4, -0.2) is 19.9 Å². The molecule has 348 valence electrons. The van der Waals surface area contributed by atoms with Crippen molar-refractivity contribution in [3.05, 3.63) is 255 Å². The van der Waals surface area contributed by atoms with E-state index >= 15 is 0 Å². The minimum atomic E-state index is 0.628. The van der Waals surface area contributed by atoms with Crippen molar-refractivity contribution >= 4 is 56.7 Å². The zero-order valence-electron chi connectivity index (χ0n) is 39.7. The van der Waals surface area contributed by atoms with Crippen LogP contribution < -0.4 is 14.5 Å². The second kappa shape index (κ2) is 18.2. The van der Waals surface area contributed by atoms with Crippen molar-refractivity contribution in [1.29, 1.82) is 0 Å². The number of anilines is 6. The van der Waals surface area contributed by atoms with Crippen molar-refractivity contribution in [2.75, 3.05) is 9.80 Å². The number of ether oxygens (including phenoxy) is 1. The predicted molar refractivity (Wildman–Crippen MR) is 301 cm³/mol. The van der Waals surface area contributed by atoms with E-state index in [9.17, 15) is 0 Å². The molecule has 12 aromatic rings. The summed E-state index contributed by atoms with van der Waals surface area (Å²) in [7, 11) is 0. The lowest BCUT2D eigenvalue weighted by molar-refractivity contribution is 0.477. The third-order valence-corrected chi connectivity index (χ3v) is 14.8. The molecule has 74 heavy (non-hydrogen) atoms. The molecule has 0 fully saturated rings. The fraction of sp³-hybridized carbons (Fsp3) is 0. The monoisotopic (exact) mass is 966 g/mol. The number of rotatable bonds is 8. The molecular weight excluding hydrogens is 925 g/mol. The molecule has 4 heterocycles. The van der Waals surface area contributed by atoms with Crippen LogP contribution in [-0.2, 0) is 0 Å². The summed E-state index contributed by atoms with van der Waals surface area (Å²) in [5.41, 5.74) is 14.8. The Morgan fingerprint density at radius 1 is 0.297 bits per heavy atom. The lowest BCUT2D eigenvalue weighted by Gasteiger charge is -2.36. The Morgan fingerprint density at radius 3 is 1.24 bits per heavy atom. The SMILES string of the molecule is c1ccc(-c2cc(-c3cc(-c4cc(-c5ccccc5)nc(-c5ccccc5)n4)c4cc(N5c6ccccc6Sc6ccccc65)cc(N5c6ccccc6Oc6ccccc65)c4c3)nc(-c3ccccc3)n2)cc1. The second-order valence-electron chi connectivity index (χ2n) is 18.2. The van der Waals surface area contributed by atoms with Crippen LogP contribution in [0.2, 0.25) is 0 Å². The van der Waals surface area contributed by atoms with Gasteiger partial charge in [0, 0.05) is 54.2 Å². The molecule has 10 aromatic carbocycles. The molecule has 0 amide bonds. The normalized spacial score (nSPS) is 12.3. The molecule has 7 nitrogen and oxygen atoms in total. The van der Waals surface area contributed by atoms with E-state index in [-0.39, 0.29) is 0 Å². The highest BCUT2D eigenvalue weighted by Crippen LogP contribution is 2.56. The minimum absolute atomic E-state index is 0.628. The minimum Gasteiger partial charge on any atom is -0.453 e. The van der Waals surface area contributed by atoms with Gasteiger partial charge in [-0.15, -0.1) is 0 Å². The topological polar surface area (TPSA) is 67.3 Å². The van der Waals surface area contributed by atoms with Crippen molar-refractivity contribution in [1.82, 2.24) is 19.9 Å². The van der Waals surface area contributed by atoms with Crippen molar-refractivity contribution in [2.24, 2.45) is 0 Å². The summed E-state index contributed by atoms with van der Waals surface area (Å²) < 4.78 is 6.70. The average molecular weight is 967 g/mol. The van der Waals surface area contributed by atoms with Gasteiger partial charge in [0.1, 0.15) is 0 Å². The molecule has 2 aliphatic heterocycles. The molecule has 0 radical (unpaired) electrons. The van der Waals surface area contributed by atoms with Crippen molar-refractivity contribution in [3.8, 4) is 79.3 Å². The standard InChI is InChI=1S/C66H42N6OS/c1-5-21-43(22-6-1)52-41-54(69-65(67-52)45-25-9-3-10-26-45)47-37-50(55-42-53(44-23-7-2-8-24-44)68-66(70-55)46-27-11-4-12-28-46)49-39-48(71-58-31-15-19-35-63(58)74-64-36-20-16-32-59(64)71)40-60(51(49)38-47)72-56-29-13-17-33-61(56)73-62-34-18-14-30-57(62)72/h1-42H. The number of aromatic nitrogens is 4. The van der Waals surface area contributed by atoms with E-state index in [1.54, 1.807) is 11.8 Å². The lowest BCUT2D eigenvalue weighted by atomic mass is 9.93. The van der Waals surface area contributed by atoms with Gasteiger partial charge in [-0.1, -0.05) is 182 Å². The van der Waals surface area contributed by atoms with Gasteiger partial charge in [0.2, 0.25) is 0 Å². The van der Waals surface area contributed by atoms with E-state index < -0.39 is 0 Å². The maximum Gasteiger partial charge on any atom is 0.160 e. The molecule has 0 aliphatic carbocycles. The molecule has 0 unspecified atom stereocenters. The van der Waals surface area contributed by atoms with E-state index in [4.69, 9.17) is 24.7 Å². The number of fused-ring (bicyclic) bond motifs is 5. The van der Waals surface area contributed by atoms with Crippen LogP contribution in [0, 0.1) is 0 Å². The largest absolute Gasteiger partial charge is 0.453 e. The lowest BCUT2D eigenvalue weighted by Crippen LogP contribution is -2.18. The molecule has 2 aromatic heterocycles. The summed E-state index contributed by atoms with van der Waals surface area (Å²) in [5, 5.41) is 1.98. The first-order chi connectivity index (χ1) is 36.7. The van der Waals surface area contributed by atoms with Gasteiger partial charge in [0.25, 0.3) is 0 Å². The number of hydrogen-bond acceptors (Lipinski definition) is 8. The van der Waals surface area contributed by atoms with Crippen LogP contribution in [0.15, 0.2) is 265 Å². The van der Waals surface area contributed by atoms with E-state index in [0.717, 1.165) is 113 Å². The summed E-state index contributed by atoms with van der Waals surface area (Å²) in [5.74, 6) is 2.79. The van der Waals surface area contributed by atoms with E-state index in [1.807, 2.05) is 72.8 Å². The second-order valence-corrected chi connectivity index (χ2v) is 19.3. The quantitative estimate of drug-likeness (QED) is 0.149. The third-order valence-electron chi connectivity index (χ3n) is 13.6. The van der Waals surface area contributed by atoms with Crippen LogP contribution in [0.5, 0.6) is 11.5 Å². The van der Waals surface area contributed by atoms with Crippen LogP contribution in [0.4, 0.5) is 34.1 Å². The fourth-order valence-electron chi connectivity index (χ4n) is 10.2. The molecule has 0 saturated carbocycles. The maximum absolute atomic E-state index is 6.70. The molecule has 2 aliphatic rings. The zero-order valence-corrected chi connectivity index (χ0v) is 40.6. The number of para-hydroxylation sites is 6. The van der Waals surface area contributed by atoms with Crippen molar-refractivity contribution in [3.63, 3.8) is 0 Å². The van der Waals surface area contributed by atoms with Crippen LogP contribution in [0.3, 0.4) is 0 Å². The van der Waals surface area contributed by atoms with Crippen LogP contribution in [0.1, 0.15) is 0 Å². The van der Waals surface area contributed by atoms with Gasteiger partial charge >= 0.3 is 0 Å². The molecule has 0 spiro atoms. The van der Waals surface area contributed by atoms with E-state index in [2.05, 4.69) is 192 Å². The predicted octanol–water partition coefficient (Wildman–Crippen LogP) is 17.9. The molecule has 0 bridgehead atoms. The smallest absolute Gasteiger partial charge is 0.160 e. The number of hydrogen-bond donors (Lipinski definition) is 0. The molecule has 0 N–H and O–H groups in total. The van der Waals surface area contributed by atoms with Gasteiger partial charge in [-0.3, -0.25) is 0 Å². The van der Waals surface area contributed by atoms with Crippen molar-refractivity contribution < 1.29 is 4.74 Å². The molecule has 0 atom stereocenters. The Balaban J connectivity index is 1.13. The van der Waals surface area contributed by atoms with Gasteiger partial charge in [-0.05, 0) is 90.3 Å². The van der Waals surface area contributed by atoms with Gasteiger partial charge in [-0.2, -0.15) is 0 Å². The molecule has 0 saturated heterocycles. The fourth-order valence-corrected chi connectivity index (χ4v) is 11.2. The average Bonchev–Trinajstić information content (AvgIpc) is 3.48. The van der Waals surface area contributed by atoms with Gasteiger partial charge in [-0.25, -0.2) is 19.9 Å². The molecule has 14 rings (SSSR count). The Labute approximate surface area is 432 Å². The third kappa shape index (κ3) is 7.73. The Hall–Kier alpha value is -9.63. The number of benzene rings is 10. The van der Waals surface area contributed by atoms with Crippen LogP contribution >= 0.6 is 11.8 Å². The van der Waals surface area contributed by atoms with Crippen LogP contribution in [0.25, 0.3) is 78.6 Å². The first-order valence-electron chi connectivity index (χ1n) is 24.6. The van der Waals surface area contributed by atoms with E-state index in [1.165, 1.54) is 9.79 Å². The summed E-state index contributed by atoms with van der Waals surface area (Å²) in [6, 6.07) is 88.6. The maximum atomic E-state index is 6.70. The summed E-state index contributed by atoms with van der Waals surface area (Å²) in [6.07, 6.45) is 0. The summed E-state index contributed by atoms with van der Waals surface area (Å²) >= 11 is 1.80. The number of nitrogens with zero attached hydrogens (tertiary/aromatic N) is 6. The van der Waals surface area contributed by atoms with Gasteiger partial charge in [0.15, 0.2) is 23.1 Å². The van der Waals surface area contributed by atoms with Gasteiger partial charge < -0.3 is 14.5 Å². The Morgan fingerprint density at radius 2 is 0.716 bits per heavy atom. The summed E-state index contributed by atoms with van der Waals surface area (Å²) in [6.45, 7) is 0. The highest BCUT2D eigenvalue weighted by Gasteiger charge is 2.31. The highest BCUT2D eigenvalue weighted by molar-refractivity contribution is 7.99. The Bertz CT molecular complexity index is 3890. The molecular formula is C66H42N6OS. The first kappa shape index (κ1) is 43.2. The van der Waals surface area contributed by atoms with Crippen molar-refractivity contribution in [2.45, 2.75) is 9.79 Å².